The maximum Gasteiger partial charge on any atom is 0.340 e. The molecule has 44 heavy (non-hydrogen) atoms. The lowest BCUT2D eigenvalue weighted by atomic mass is 9.94. The molecule has 3 aromatic rings. The topological polar surface area (TPSA) is 317 Å². The molecule has 226 valence electrons. The molecule has 0 unspecified atom stereocenters. The number of benzene rings is 3. The molecule has 0 radical (unpaired) electrons. The van der Waals surface area contributed by atoms with Crippen LogP contribution in [0.15, 0.2) is 36.4 Å². The Balaban J connectivity index is 2.24. The predicted molar refractivity (Wildman–Crippen MR) is 135 cm³/mol. The molecule has 0 aliphatic rings. The molecule has 18 nitrogen and oxygen atoms in total. The average Bonchev–Trinajstić information content (AvgIpc) is 2.90. The van der Waals surface area contributed by atoms with Crippen LogP contribution in [0.4, 0.5) is 0 Å². The van der Waals surface area contributed by atoms with E-state index >= 15 is 0 Å². The third-order valence-electron chi connectivity index (χ3n) is 5.59. The van der Waals surface area contributed by atoms with Gasteiger partial charge in [-0.2, -0.15) is 0 Å². The van der Waals surface area contributed by atoms with Crippen molar-refractivity contribution in [1.82, 2.24) is 0 Å². The third kappa shape index (κ3) is 5.88. The van der Waals surface area contributed by atoms with E-state index in [1.807, 2.05) is 0 Å². The molecule has 0 heterocycles. The second-order valence-electron chi connectivity index (χ2n) is 8.21. The van der Waals surface area contributed by atoms with Crippen LogP contribution < -0.4 is 9.47 Å². The normalized spacial score (nSPS) is 10.4. The molecule has 0 bridgehead atoms. The molecule has 0 atom stereocenters. The largest absolute Gasteiger partial charge is 0.478 e. The SMILES string of the molecule is O=C(O)c1cc(Oc2cccc(Oc3cc(C(=O)O)c(C(=O)O)c(C(=O)O)c3C(=O)O)c2)c(C(=O)O)c(C(=O)O)c1C(=O)O. The summed E-state index contributed by atoms with van der Waals surface area (Å²) in [5, 5.41) is 76.0. The van der Waals surface area contributed by atoms with Crippen molar-refractivity contribution in [1.29, 1.82) is 0 Å². The number of hydrogen-bond donors (Lipinski definition) is 8. The summed E-state index contributed by atoms with van der Waals surface area (Å²) >= 11 is 0. The van der Waals surface area contributed by atoms with Crippen LogP contribution in [-0.2, 0) is 0 Å². The lowest BCUT2D eigenvalue weighted by Crippen LogP contribution is -2.20. The fraction of sp³-hybridized carbons (Fsp3) is 0. The van der Waals surface area contributed by atoms with Crippen LogP contribution in [-0.4, -0.2) is 88.6 Å². The second kappa shape index (κ2) is 11.9. The van der Waals surface area contributed by atoms with E-state index in [1.54, 1.807) is 0 Å². The monoisotopic (exact) mass is 614 g/mol. The van der Waals surface area contributed by atoms with E-state index in [1.165, 1.54) is 0 Å². The summed E-state index contributed by atoms with van der Waals surface area (Å²) in [6, 6.07) is 4.97. The van der Waals surface area contributed by atoms with Crippen LogP contribution in [0.5, 0.6) is 23.0 Å². The maximum atomic E-state index is 12.0. The van der Waals surface area contributed by atoms with E-state index < -0.39 is 115 Å². The first-order chi connectivity index (χ1) is 20.5. The molecule has 0 aliphatic heterocycles. The highest BCUT2D eigenvalue weighted by Gasteiger charge is 2.35. The van der Waals surface area contributed by atoms with Crippen molar-refractivity contribution in [2.45, 2.75) is 0 Å². The summed E-state index contributed by atoms with van der Waals surface area (Å²) in [6.07, 6.45) is 0. The van der Waals surface area contributed by atoms with Crippen molar-refractivity contribution < 1.29 is 88.7 Å². The summed E-state index contributed by atoms with van der Waals surface area (Å²) in [4.78, 5) is 94.3. The van der Waals surface area contributed by atoms with Gasteiger partial charge in [-0.05, 0) is 24.3 Å². The first-order valence-electron chi connectivity index (χ1n) is 11.2. The summed E-state index contributed by atoms with van der Waals surface area (Å²) < 4.78 is 10.7. The molecule has 0 amide bonds. The van der Waals surface area contributed by atoms with Crippen molar-refractivity contribution in [3.8, 4) is 23.0 Å². The Morgan fingerprint density at radius 2 is 0.682 bits per heavy atom. The quantitative estimate of drug-likeness (QED) is 0.145. The Labute approximate surface area is 240 Å². The number of carboxylic acids is 8. The first kappa shape index (κ1) is 31.5. The second-order valence-corrected chi connectivity index (χ2v) is 8.21. The number of carbonyl (C=O) groups is 8. The van der Waals surface area contributed by atoms with Gasteiger partial charge in [0.05, 0.1) is 33.4 Å². The number of ether oxygens (including phenoxy) is 2. The zero-order chi connectivity index (χ0) is 33.2. The molecule has 3 aromatic carbocycles. The number of carboxylic acid groups (broad SMARTS) is 8. The standard InChI is InChI=1S/C26H14O18/c27-19(28)9-5-11(15(23(35)36)17(25(39)40)13(9)21(31)32)43-7-2-1-3-8(4-7)44-12-6-10(20(29)30)14(22(33)34)18(26(41)42)16(12)24(37)38/h1-6H,(H,27,28)(H,29,30)(H,31,32)(H,33,34)(H,35,36)(H,37,38)(H,39,40)(H,41,42). The Hall–Kier alpha value is -6.98. The van der Waals surface area contributed by atoms with Gasteiger partial charge in [0.25, 0.3) is 0 Å². The summed E-state index contributed by atoms with van der Waals surface area (Å²) in [6.45, 7) is 0. The first-order valence-corrected chi connectivity index (χ1v) is 11.2. The van der Waals surface area contributed by atoms with E-state index in [2.05, 4.69) is 0 Å². The molecule has 0 saturated carbocycles. The predicted octanol–water partition coefficient (Wildman–Crippen LogP) is 2.86. The van der Waals surface area contributed by atoms with Crippen LogP contribution in [0.3, 0.4) is 0 Å². The van der Waals surface area contributed by atoms with Crippen molar-refractivity contribution in [2.24, 2.45) is 0 Å². The molecule has 0 saturated heterocycles. The van der Waals surface area contributed by atoms with Crippen LogP contribution in [0.25, 0.3) is 0 Å². The molecule has 0 aliphatic carbocycles. The molecule has 18 heteroatoms. The minimum Gasteiger partial charge on any atom is -0.478 e. The Bertz CT molecular complexity index is 1700. The van der Waals surface area contributed by atoms with Gasteiger partial charge in [0.1, 0.15) is 34.1 Å². The van der Waals surface area contributed by atoms with Gasteiger partial charge >= 0.3 is 47.8 Å². The minimum absolute atomic E-state index is 0.431. The Morgan fingerprint density at radius 3 is 0.932 bits per heavy atom. The van der Waals surface area contributed by atoms with Gasteiger partial charge in [0.15, 0.2) is 0 Å². The zero-order valence-electron chi connectivity index (χ0n) is 21.1. The summed E-state index contributed by atoms with van der Waals surface area (Å²) in [5.74, 6) is -19.2. The van der Waals surface area contributed by atoms with Crippen LogP contribution in [0.1, 0.15) is 82.9 Å². The van der Waals surface area contributed by atoms with Gasteiger partial charge in [-0.3, -0.25) is 0 Å². The van der Waals surface area contributed by atoms with Gasteiger partial charge in [-0.25, -0.2) is 38.4 Å². The van der Waals surface area contributed by atoms with Crippen LogP contribution in [0.2, 0.25) is 0 Å². The average molecular weight is 614 g/mol. The van der Waals surface area contributed by atoms with Gasteiger partial charge in [0.2, 0.25) is 0 Å². The number of aromatic carboxylic acids is 8. The van der Waals surface area contributed by atoms with Gasteiger partial charge < -0.3 is 50.3 Å². The highest BCUT2D eigenvalue weighted by molar-refractivity contribution is 6.16. The van der Waals surface area contributed by atoms with Crippen LogP contribution in [0, 0.1) is 0 Å². The van der Waals surface area contributed by atoms with Gasteiger partial charge in [-0.1, -0.05) is 6.07 Å². The Kier molecular flexibility index (Phi) is 8.51. The lowest BCUT2D eigenvalue weighted by Gasteiger charge is -2.17. The number of rotatable bonds is 12. The molecule has 0 fully saturated rings. The van der Waals surface area contributed by atoms with Crippen molar-refractivity contribution in [2.75, 3.05) is 0 Å². The lowest BCUT2D eigenvalue weighted by molar-refractivity contribution is 0.0617. The maximum absolute atomic E-state index is 12.0. The van der Waals surface area contributed by atoms with Gasteiger partial charge in [0, 0.05) is 6.07 Å². The van der Waals surface area contributed by atoms with E-state index in [9.17, 15) is 79.2 Å². The van der Waals surface area contributed by atoms with E-state index in [0.29, 0.717) is 12.1 Å². The van der Waals surface area contributed by atoms with E-state index in [0.717, 1.165) is 24.3 Å². The molecule has 3 rings (SSSR count). The molecule has 0 spiro atoms. The molecular weight excluding hydrogens is 600 g/mol. The Morgan fingerprint density at radius 1 is 0.386 bits per heavy atom. The van der Waals surface area contributed by atoms with Gasteiger partial charge in [-0.15, -0.1) is 0 Å². The smallest absolute Gasteiger partial charge is 0.340 e. The number of hydrogen-bond acceptors (Lipinski definition) is 10. The highest BCUT2D eigenvalue weighted by Crippen LogP contribution is 2.37. The highest BCUT2D eigenvalue weighted by atomic mass is 16.5. The molecular formula is C26H14O18. The summed E-state index contributed by atoms with van der Waals surface area (Å²) in [5.41, 5.74) is -10.4. The minimum atomic E-state index is -2.13. The molecule has 8 N–H and O–H groups in total. The fourth-order valence-electron chi connectivity index (χ4n) is 3.97. The van der Waals surface area contributed by atoms with Crippen molar-refractivity contribution >= 4 is 47.8 Å². The van der Waals surface area contributed by atoms with Crippen LogP contribution >= 0.6 is 0 Å². The van der Waals surface area contributed by atoms with E-state index in [-0.39, 0.29) is 0 Å². The summed E-state index contributed by atoms with van der Waals surface area (Å²) in [7, 11) is 0. The molecule has 0 aromatic heterocycles. The third-order valence-corrected chi connectivity index (χ3v) is 5.59. The van der Waals surface area contributed by atoms with Crippen molar-refractivity contribution in [3.63, 3.8) is 0 Å². The van der Waals surface area contributed by atoms with E-state index in [4.69, 9.17) is 9.47 Å². The fourth-order valence-corrected chi connectivity index (χ4v) is 3.97. The zero-order valence-corrected chi connectivity index (χ0v) is 21.1. The van der Waals surface area contributed by atoms with Crippen molar-refractivity contribution in [3.05, 3.63) is 80.9 Å².